The maximum Gasteiger partial charge on any atom is 0.119 e. The fourth-order valence-electron chi connectivity index (χ4n) is 1.90. The van der Waals surface area contributed by atoms with Gasteiger partial charge in [0.2, 0.25) is 0 Å². The van der Waals surface area contributed by atoms with Crippen molar-refractivity contribution in [2.75, 3.05) is 0 Å². The summed E-state index contributed by atoms with van der Waals surface area (Å²) in [5.41, 5.74) is 0. The summed E-state index contributed by atoms with van der Waals surface area (Å²) in [6.45, 7) is 8.00. The molecule has 1 N–H and O–H groups in total. The van der Waals surface area contributed by atoms with Crippen LogP contribution in [0, 0.1) is 0 Å². The molecule has 104 valence electrons. The normalized spacial score (nSPS) is 14.7. The average molecular weight is 252 g/mol. The predicted octanol–water partition coefficient (Wildman–Crippen LogP) is 5.16. The molecule has 18 heavy (non-hydrogen) atoms. The lowest BCUT2D eigenvalue weighted by molar-refractivity contribution is 0.155. The van der Waals surface area contributed by atoms with Crippen LogP contribution in [0.25, 0.3) is 0 Å². The molecule has 0 spiro atoms. The third kappa shape index (κ3) is 6.53. The Morgan fingerprint density at radius 1 is 0.889 bits per heavy atom. The summed E-state index contributed by atoms with van der Waals surface area (Å²) < 4.78 is 5.80. The Morgan fingerprint density at radius 3 is 1.89 bits per heavy atom. The molecule has 2 rings (SSSR count). The summed E-state index contributed by atoms with van der Waals surface area (Å²) in [7, 11) is 0. The van der Waals surface area contributed by atoms with Crippen molar-refractivity contribution in [2.24, 2.45) is 0 Å². The SMILES string of the molecule is CC.CC.Oc1ccc(OC2CCCCC2)cc1. The first-order valence-corrected chi connectivity index (χ1v) is 7.30. The quantitative estimate of drug-likeness (QED) is 0.788. The lowest BCUT2D eigenvalue weighted by Gasteiger charge is -2.22. The van der Waals surface area contributed by atoms with E-state index >= 15 is 0 Å². The molecule has 0 saturated heterocycles. The van der Waals surface area contributed by atoms with Gasteiger partial charge in [-0.3, -0.25) is 0 Å². The van der Waals surface area contributed by atoms with Crippen LogP contribution in [0.3, 0.4) is 0 Å². The Hall–Kier alpha value is -1.18. The number of hydrogen-bond donors (Lipinski definition) is 1. The number of rotatable bonds is 2. The molecule has 0 aliphatic heterocycles. The molecule has 2 nitrogen and oxygen atoms in total. The maximum atomic E-state index is 9.11. The smallest absolute Gasteiger partial charge is 0.119 e. The van der Waals surface area contributed by atoms with Gasteiger partial charge in [-0.15, -0.1) is 0 Å². The highest BCUT2D eigenvalue weighted by Gasteiger charge is 2.14. The topological polar surface area (TPSA) is 29.5 Å². The first kappa shape index (κ1) is 16.8. The van der Waals surface area contributed by atoms with Crippen LogP contribution in [-0.2, 0) is 0 Å². The van der Waals surface area contributed by atoms with Gasteiger partial charge in [-0.25, -0.2) is 0 Å². The first-order valence-electron chi connectivity index (χ1n) is 7.30. The Balaban J connectivity index is 0.000000659. The third-order valence-electron chi connectivity index (χ3n) is 2.69. The summed E-state index contributed by atoms with van der Waals surface area (Å²) in [6.07, 6.45) is 6.62. The van der Waals surface area contributed by atoms with Gasteiger partial charge in [0, 0.05) is 0 Å². The van der Waals surface area contributed by atoms with Crippen LogP contribution in [0.5, 0.6) is 11.5 Å². The molecule has 1 saturated carbocycles. The van der Waals surface area contributed by atoms with E-state index in [2.05, 4.69) is 0 Å². The molecule has 0 heterocycles. The molecule has 1 aliphatic rings. The number of phenolic OH excluding ortho intramolecular Hbond substituents is 1. The second-order valence-corrected chi connectivity index (χ2v) is 3.87. The highest BCUT2D eigenvalue weighted by molar-refractivity contribution is 5.30. The van der Waals surface area contributed by atoms with Crippen molar-refractivity contribution < 1.29 is 9.84 Å². The van der Waals surface area contributed by atoms with Crippen LogP contribution >= 0.6 is 0 Å². The van der Waals surface area contributed by atoms with Crippen LogP contribution in [0.2, 0.25) is 0 Å². The summed E-state index contributed by atoms with van der Waals surface area (Å²) >= 11 is 0. The molecule has 0 amide bonds. The lowest BCUT2D eigenvalue weighted by atomic mass is 9.98. The van der Waals surface area contributed by atoms with Gasteiger partial charge < -0.3 is 9.84 Å². The molecule has 0 bridgehead atoms. The van der Waals surface area contributed by atoms with Crippen LogP contribution in [0.1, 0.15) is 59.8 Å². The molecule has 0 atom stereocenters. The van der Waals surface area contributed by atoms with E-state index in [-0.39, 0.29) is 0 Å². The van der Waals surface area contributed by atoms with Crippen LogP contribution in [0.4, 0.5) is 0 Å². The zero-order chi connectivity index (χ0) is 13.8. The van der Waals surface area contributed by atoms with E-state index in [1.165, 1.54) is 32.1 Å². The standard InChI is InChI=1S/C12H16O2.2C2H6/c13-10-6-8-12(9-7-10)14-11-4-2-1-3-5-11;2*1-2/h6-9,11,13H,1-5H2;2*1-2H3. The molecule has 1 aromatic rings. The average Bonchev–Trinajstić information content (AvgIpc) is 2.47. The zero-order valence-electron chi connectivity index (χ0n) is 12.3. The van der Waals surface area contributed by atoms with Crippen molar-refractivity contribution in [3.05, 3.63) is 24.3 Å². The lowest BCUT2D eigenvalue weighted by Crippen LogP contribution is -2.19. The van der Waals surface area contributed by atoms with Gasteiger partial charge in [0.25, 0.3) is 0 Å². The third-order valence-corrected chi connectivity index (χ3v) is 2.69. The van der Waals surface area contributed by atoms with E-state index in [0.29, 0.717) is 11.9 Å². The largest absolute Gasteiger partial charge is 0.508 e. The minimum Gasteiger partial charge on any atom is -0.508 e. The van der Waals surface area contributed by atoms with Gasteiger partial charge in [0.1, 0.15) is 11.5 Å². The van der Waals surface area contributed by atoms with Crippen LogP contribution < -0.4 is 4.74 Å². The summed E-state index contributed by atoms with van der Waals surface area (Å²) in [5.74, 6) is 1.16. The van der Waals surface area contributed by atoms with Crippen LogP contribution in [-0.4, -0.2) is 11.2 Å². The molecular formula is C16H28O2. The van der Waals surface area contributed by atoms with Crippen molar-refractivity contribution in [3.8, 4) is 11.5 Å². The highest BCUT2D eigenvalue weighted by atomic mass is 16.5. The fourth-order valence-corrected chi connectivity index (χ4v) is 1.90. The number of aromatic hydroxyl groups is 1. The zero-order valence-corrected chi connectivity index (χ0v) is 12.3. The van der Waals surface area contributed by atoms with E-state index < -0.39 is 0 Å². The van der Waals surface area contributed by atoms with E-state index in [1.54, 1.807) is 12.1 Å². The Bertz CT molecular complexity index is 274. The molecule has 0 aromatic heterocycles. The van der Waals surface area contributed by atoms with Gasteiger partial charge in [-0.1, -0.05) is 34.1 Å². The van der Waals surface area contributed by atoms with Crippen molar-refractivity contribution >= 4 is 0 Å². The Morgan fingerprint density at radius 2 is 1.39 bits per heavy atom. The molecule has 0 unspecified atom stereocenters. The number of benzene rings is 1. The van der Waals surface area contributed by atoms with Gasteiger partial charge in [-0.05, 0) is 49.9 Å². The van der Waals surface area contributed by atoms with E-state index in [4.69, 9.17) is 9.84 Å². The van der Waals surface area contributed by atoms with E-state index in [1.807, 2.05) is 39.8 Å². The molecule has 1 aliphatic carbocycles. The van der Waals surface area contributed by atoms with Crippen molar-refractivity contribution in [2.45, 2.75) is 65.9 Å². The molecule has 1 aromatic carbocycles. The van der Waals surface area contributed by atoms with E-state index in [9.17, 15) is 0 Å². The molecule has 2 heteroatoms. The van der Waals surface area contributed by atoms with Gasteiger partial charge in [-0.2, -0.15) is 0 Å². The first-order chi connectivity index (χ1) is 8.84. The second kappa shape index (κ2) is 10.9. The number of ether oxygens (including phenoxy) is 1. The summed E-state index contributed by atoms with van der Waals surface area (Å²) in [4.78, 5) is 0. The molecular weight excluding hydrogens is 224 g/mol. The summed E-state index contributed by atoms with van der Waals surface area (Å²) in [5, 5.41) is 9.11. The second-order valence-electron chi connectivity index (χ2n) is 3.87. The Labute approximate surface area is 112 Å². The minimum atomic E-state index is 0.293. The summed E-state index contributed by atoms with van der Waals surface area (Å²) in [6, 6.07) is 6.98. The Kier molecular flexibility index (Phi) is 10.2. The van der Waals surface area contributed by atoms with Gasteiger partial charge in [0.15, 0.2) is 0 Å². The van der Waals surface area contributed by atoms with Crippen molar-refractivity contribution in [3.63, 3.8) is 0 Å². The predicted molar refractivity (Wildman–Crippen MR) is 78.3 cm³/mol. The number of hydrogen-bond acceptors (Lipinski definition) is 2. The molecule has 1 fully saturated rings. The molecule has 0 radical (unpaired) electrons. The maximum absolute atomic E-state index is 9.11. The fraction of sp³-hybridized carbons (Fsp3) is 0.625. The highest BCUT2D eigenvalue weighted by Crippen LogP contribution is 2.24. The monoisotopic (exact) mass is 252 g/mol. The number of phenols is 1. The minimum absolute atomic E-state index is 0.293. The van der Waals surface area contributed by atoms with Crippen molar-refractivity contribution in [1.29, 1.82) is 0 Å². The van der Waals surface area contributed by atoms with E-state index in [0.717, 1.165) is 5.75 Å². The van der Waals surface area contributed by atoms with Gasteiger partial charge >= 0.3 is 0 Å². The van der Waals surface area contributed by atoms with Crippen molar-refractivity contribution in [1.82, 2.24) is 0 Å². The van der Waals surface area contributed by atoms with Gasteiger partial charge in [0.05, 0.1) is 6.10 Å². The van der Waals surface area contributed by atoms with Crippen LogP contribution in [0.15, 0.2) is 24.3 Å².